The predicted molar refractivity (Wildman–Crippen MR) is 116 cm³/mol. The first kappa shape index (κ1) is 21.4. The van der Waals surface area contributed by atoms with Crippen LogP contribution >= 0.6 is 0 Å². The second-order valence-electron chi connectivity index (χ2n) is 9.74. The molecule has 2 aromatic rings. The molecule has 28 heavy (non-hydrogen) atoms. The van der Waals surface area contributed by atoms with Crippen LogP contribution in [0.4, 0.5) is 0 Å². The summed E-state index contributed by atoms with van der Waals surface area (Å²) >= 11 is 0. The monoisotopic (exact) mass is 404 g/mol. The van der Waals surface area contributed by atoms with E-state index in [2.05, 4.69) is 24.6 Å². The van der Waals surface area contributed by atoms with Crippen LogP contribution in [0.5, 0.6) is 5.75 Å². The highest BCUT2D eigenvalue weighted by Crippen LogP contribution is 2.37. The van der Waals surface area contributed by atoms with Gasteiger partial charge in [-0.15, -0.1) is 0 Å². The highest BCUT2D eigenvalue weighted by Gasteiger charge is 2.51. The number of ether oxygens (including phenoxy) is 2. The molecular weight excluding hydrogens is 371 g/mol. The molecule has 0 amide bonds. The summed E-state index contributed by atoms with van der Waals surface area (Å²) in [4.78, 5) is 4.67. The maximum Gasteiger partial charge on any atom is 0.496 e. The van der Waals surface area contributed by atoms with Crippen LogP contribution < -0.4 is 10.2 Å². The van der Waals surface area contributed by atoms with E-state index in [1.807, 2.05) is 50.7 Å². The summed E-state index contributed by atoms with van der Waals surface area (Å²) in [7, 11) is 0.132. The van der Waals surface area contributed by atoms with Crippen molar-refractivity contribution in [1.29, 1.82) is 0 Å². The Morgan fingerprint density at radius 3 is 2.36 bits per heavy atom. The van der Waals surface area contributed by atoms with Crippen LogP contribution in [-0.2, 0) is 20.8 Å². The SMILES string of the molecule is COc1cn(COCC[Si](C)(C)C)c2ncc(B3OC(C)(C)C(C)(C)O3)cc12. The number of pyridine rings is 1. The van der Waals surface area contributed by atoms with Gasteiger partial charge in [-0.1, -0.05) is 19.6 Å². The molecule has 0 aromatic carbocycles. The van der Waals surface area contributed by atoms with Crippen LogP contribution in [0.1, 0.15) is 27.7 Å². The molecule has 6 nitrogen and oxygen atoms in total. The molecule has 0 saturated carbocycles. The van der Waals surface area contributed by atoms with E-state index in [9.17, 15) is 0 Å². The Morgan fingerprint density at radius 1 is 1.14 bits per heavy atom. The van der Waals surface area contributed by atoms with Gasteiger partial charge in [0, 0.05) is 26.3 Å². The van der Waals surface area contributed by atoms with E-state index in [1.165, 1.54) is 0 Å². The van der Waals surface area contributed by atoms with Crippen molar-refractivity contribution in [3.63, 3.8) is 0 Å². The van der Waals surface area contributed by atoms with Crippen molar-refractivity contribution in [1.82, 2.24) is 9.55 Å². The van der Waals surface area contributed by atoms with Gasteiger partial charge < -0.3 is 23.3 Å². The topological polar surface area (TPSA) is 54.7 Å². The van der Waals surface area contributed by atoms with Crippen molar-refractivity contribution >= 4 is 31.7 Å². The van der Waals surface area contributed by atoms with Crippen LogP contribution in [0.3, 0.4) is 0 Å². The van der Waals surface area contributed by atoms with Gasteiger partial charge in [-0.2, -0.15) is 0 Å². The first-order valence-electron chi connectivity index (χ1n) is 9.90. The number of fused-ring (bicyclic) bond motifs is 1. The van der Waals surface area contributed by atoms with E-state index in [0.717, 1.165) is 34.9 Å². The quantitative estimate of drug-likeness (QED) is 0.521. The lowest BCUT2D eigenvalue weighted by Gasteiger charge is -2.32. The van der Waals surface area contributed by atoms with E-state index < -0.39 is 15.2 Å². The molecule has 154 valence electrons. The molecule has 0 atom stereocenters. The summed E-state index contributed by atoms with van der Waals surface area (Å²) < 4.78 is 25.8. The van der Waals surface area contributed by atoms with Crippen molar-refractivity contribution < 1.29 is 18.8 Å². The molecule has 0 radical (unpaired) electrons. The molecule has 3 heterocycles. The fourth-order valence-electron chi connectivity index (χ4n) is 3.07. The Bertz CT molecular complexity index is 829. The van der Waals surface area contributed by atoms with Gasteiger partial charge in [-0.3, -0.25) is 0 Å². The standard InChI is InChI=1S/C20H33BN2O4Si/c1-19(2)20(3,4)27-21(26-19)15-11-16-17(24-5)13-23(18(16)22-12-15)14-25-9-10-28(6,7)8/h11-13H,9-10,14H2,1-8H3. The molecule has 8 heteroatoms. The van der Waals surface area contributed by atoms with E-state index in [1.54, 1.807) is 7.11 Å². The molecule has 1 saturated heterocycles. The van der Waals surface area contributed by atoms with Crippen molar-refractivity contribution in [2.24, 2.45) is 0 Å². The fraction of sp³-hybridized carbons (Fsp3) is 0.650. The lowest BCUT2D eigenvalue weighted by Crippen LogP contribution is -2.41. The molecule has 0 spiro atoms. The van der Waals surface area contributed by atoms with Crippen LogP contribution in [0.15, 0.2) is 18.5 Å². The maximum atomic E-state index is 6.16. The molecule has 0 unspecified atom stereocenters. The zero-order valence-corrected chi connectivity index (χ0v) is 19.5. The molecule has 1 aliphatic rings. The van der Waals surface area contributed by atoms with E-state index >= 15 is 0 Å². The molecule has 2 aromatic heterocycles. The summed E-state index contributed by atoms with van der Waals surface area (Å²) in [5, 5.41) is 0.934. The minimum absolute atomic E-state index is 0.382. The van der Waals surface area contributed by atoms with Gasteiger partial charge in [0.05, 0.1) is 29.9 Å². The fourth-order valence-corrected chi connectivity index (χ4v) is 3.82. The van der Waals surface area contributed by atoms with Gasteiger partial charge in [0.1, 0.15) is 18.1 Å². The summed E-state index contributed by atoms with van der Waals surface area (Å²) in [6.45, 7) is 16.5. The molecule has 1 aliphatic heterocycles. The maximum absolute atomic E-state index is 6.16. The van der Waals surface area contributed by atoms with Crippen molar-refractivity contribution in [3.8, 4) is 5.75 Å². The minimum atomic E-state index is -1.10. The summed E-state index contributed by atoms with van der Waals surface area (Å²) in [6, 6.07) is 3.19. The molecule has 3 rings (SSSR count). The highest BCUT2D eigenvalue weighted by atomic mass is 28.3. The predicted octanol–water partition coefficient (Wildman–Crippen LogP) is 3.66. The number of hydrogen-bond acceptors (Lipinski definition) is 5. The molecule has 0 bridgehead atoms. The summed E-state index contributed by atoms with van der Waals surface area (Å²) in [6.07, 6.45) is 3.77. The molecule has 0 aliphatic carbocycles. The number of rotatable bonds is 7. The normalized spacial score (nSPS) is 18.8. The highest BCUT2D eigenvalue weighted by molar-refractivity contribution is 6.76. The zero-order chi connectivity index (χ0) is 20.7. The molecule has 0 N–H and O–H groups in total. The van der Waals surface area contributed by atoms with E-state index in [4.69, 9.17) is 18.8 Å². The first-order valence-corrected chi connectivity index (χ1v) is 13.6. The van der Waals surface area contributed by atoms with Gasteiger partial charge >= 0.3 is 7.12 Å². The Kier molecular flexibility index (Phi) is 5.71. The van der Waals surface area contributed by atoms with Crippen molar-refractivity contribution in [2.75, 3.05) is 13.7 Å². The second-order valence-corrected chi connectivity index (χ2v) is 15.4. The average Bonchev–Trinajstić information content (AvgIpc) is 3.04. The van der Waals surface area contributed by atoms with Gasteiger partial charge in [-0.25, -0.2) is 4.98 Å². The van der Waals surface area contributed by atoms with Crippen LogP contribution in [0.2, 0.25) is 25.7 Å². The lowest BCUT2D eigenvalue weighted by molar-refractivity contribution is 0.00578. The summed E-state index contributed by atoms with van der Waals surface area (Å²) in [5.74, 6) is 0.773. The average molecular weight is 404 g/mol. The third kappa shape index (κ3) is 4.30. The van der Waals surface area contributed by atoms with Crippen LogP contribution in [0.25, 0.3) is 11.0 Å². The zero-order valence-electron chi connectivity index (χ0n) is 18.5. The Morgan fingerprint density at radius 2 is 1.79 bits per heavy atom. The molecule has 1 fully saturated rings. The van der Waals surface area contributed by atoms with E-state index in [-0.39, 0.29) is 11.2 Å². The van der Waals surface area contributed by atoms with Gasteiger partial charge in [0.15, 0.2) is 0 Å². The van der Waals surface area contributed by atoms with Gasteiger partial charge in [-0.05, 0) is 39.8 Å². The smallest absolute Gasteiger partial charge is 0.494 e. The third-order valence-electron chi connectivity index (χ3n) is 5.67. The number of aromatic nitrogens is 2. The van der Waals surface area contributed by atoms with Crippen LogP contribution in [-0.4, -0.2) is 49.7 Å². The summed E-state index contributed by atoms with van der Waals surface area (Å²) in [5.41, 5.74) is 0.964. The number of hydrogen-bond donors (Lipinski definition) is 0. The van der Waals surface area contributed by atoms with Gasteiger partial charge in [0.2, 0.25) is 0 Å². The minimum Gasteiger partial charge on any atom is -0.494 e. The van der Waals surface area contributed by atoms with Crippen molar-refractivity contribution in [3.05, 3.63) is 18.5 Å². The van der Waals surface area contributed by atoms with E-state index in [0.29, 0.717) is 6.73 Å². The second kappa shape index (κ2) is 7.48. The Balaban J connectivity index is 1.81. The first-order chi connectivity index (χ1) is 12.9. The Labute approximate surface area is 169 Å². The van der Waals surface area contributed by atoms with Gasteiger partial charge in [0.25, 0.3) is 0 Å². The molecular formula is C20H33BN2O4Si. The third-order valence-corrected chi connectivity index (χ3v) is 7.37. The van der Waals surface area contributed by atoms with Crippen LogP contribution in [0, 0.1) is 0 Å². The van der Waals surface area contributed by atoms with Crippen molar-refractivity contribution in [2.45, 2.75) is 71.3 Å². The Hall–Kier alpha value is -1.35. The largest absolute Gasteiger partial charge is 0.496 e. The lowest BCUT2D eigenvalue weighted by atomic mass is 9.80. The number of nitrogens with zero attached hydrogens (tertiary/aromatic N) is 2. The number of methoxy groups -OCH3 is 1.